The molecule has 1 N–H and O–H groups in total. The predicted molar refractivity (Wildman–Crippen MR) is 67.2 cm³/mol. The maximum absolute atomic E-state index is 11.9. The molecule has 0 spiro atoms. The van der Waals surface area contributed by atoms with Gasteiger partial charge < -0.3 is 9.88 Å². The maximum atomic E-state index is 11.9. The summed E-state index contributed by atoms with van der Waals surface area (Å²) in [5.41, 5.74) is -0.0638. The number of hydrogen-bond donors (Lipinski definition) is 1. The second-order valence-electron chi connectivity index (χ2n) is 3.91. The van der Waals surface area contributed by atoms with Gasteiger partial charge in [0.1, 0.15) is 0 Å². The van der Waals surface area contributed by atoms with Crippen LogP contribution in [-0.4, -0.2) is 22.0 Å². The van der Waals surface area contributed by atoms with Crippen LogP contribution in [-0.2, 0) is 6.54 Å². The van der Waals surface area contributed by atoms with E-state index in [1.54, 1.807) is 17.0 Å². The molecule has 16 heavy (non-hydrogen) atoms. The molecule has 0 aliphatic rings. The molecular weight excluding hydrogens is 226 g/mol. The fraction of sp³-hybridized carbons (Fsp3) is 0.636. The molecule has 0 radical (unpaired) electrons. The topological polar surface area (TPSA) is 46.9 Å². The van der Waals surface area contributed by atoms with Crippen molar-refractivity contribution in [2.24, 2.45) is 5.92 Å². The molecule has 1 unspecified atom stereocenters. The van der Waals surface area contributed by atoms with E-state index in [0.717, 1.165) is 13.0 Å². The van der Waals surface area contributed by atoms with Crippen molar-refractivity contribution in [3.05, 3.63) is 22.7 Å². The van der Waals surface area contributed by atoms with Crippen molar-refractivity contribution in [2.45, 2.75) is 26.8 Å². The van der Waals surface area contributed by atoms with E-state index in [-0.39, 0.29) is 5.56 Å². The van der Waals surface area contributed by atoms with Crippen LogP contribution in [0.2, 0.25) is 0 Å². The molecule has 0 saturated carbocycles. The van der Waals surface area contributed by atoms with E-state index in [4.69, 9.17) is 11.6 Å². The minimum Gasteiger partial charge on any atom is -0.365 e. The van der Waals surface area contributed by atoms with Crippen LogP contribution in [0.3, 0.4) is 0 Å². The molecule has 0 aliphatic carbocycles. The van der Waals surface area contributed by atoms with Gasteiger partial charge in [0.2, 0.25) is 0 Å². The van der Waals surface area contributed by atoms with E-state index in [1.807, 2.05) is 13.8 Å². The van der Waals surface area contributed by atoms with Gasteiger partial charge in [-0.1, -0.05) is 13.8 Å². The highest BCUT2D eigenvalue weighted by atomic mass is 35.5. The van der Waals surface area contributed by atoms with Crippen molar-refractivity contribution < 1.29 is 0 Å². The molecule has 1 aromatic rings. The fourth-order valence-electron chi connectivity index (χ4n) is 1.31. The van der Waals surface area contributed by atoms with E-state index in [9.17, 15) is 4.79 Å². The summed E-state index contributed by atoms with van der Waals surface area (Å²) in [6.07, 6.45) is 4.29. The zero-order valence-corrected chi connectivity index (χ0v) is 10.5. The molecule has 1 heterocycles. The lowest BCUT2D eigenvalue weighted by atomic mass is 10.2. The number of hydrogen-bond acceptors (Lipinski definition) is 3. The van der Waals surface area contributed by atoms with E-state index in [1.165, 1.54) is 0 Å². The lowest BCUT2D eigenvalue weighted by Gasteiger charge is -2.10. The van der Waals surface area contributed by atoms with Crippen LogP contribution in [0.1, 0.15) is 20.3 Å². The highest BCUT2D eigenvalue weighted by Crippen LogP contribution is 2.00. The molecule has 4 nitrogen and oxygen atoms in total. The molecule has 1 rings (SSSR count). The van der Waals surface area contributed by atoms with Crippen LogP contribution >= 0.6 is 11.6 Å². The molecular formula is C11H18ClN3O. The minimum atomic E-state index is -0.0638. The summed E-state index contributed by atoms with van der Waals surface area (Å²) in [6.45, 7) is 5.45. The van der Waals surface area contributed by atoms with E-state index in [0.29, 0.717) is 24.2 Å². The Labute approximate surface area is 101 Å². The summed E-state index contributed by atoms with van der Waals surface area (Å²) in [5.74, 6) is 1.30. The molecule has 0 bridgehead atoms. The average Bonchev–Trinajstić information content (AvgIpc) is 2.30. The molecule has 0 aliphatic heterocycles. The number of halogens is 1. The van der Waals surface area contributed by atoms with Gasteiger partial charge >= 0.3 is 0 Å². The Kier molecular flexibility index (Phi) is 5.32. The van der Waals surface area contributed by atoms with Crippen LogP contribution in [0.5, 0.6) is 0 Å². The van der Waals surface area contributed by atoms with Crippen LogP contribution in [0, 0.1) is 5.92 Å². The van der Waals surface area contributed by atoms with Gasteiger partial charge in [0.25, 0.3) is 5.56 Å². The van der Waals surface area contributed by atoms with Crippen molar-refractivity contribution >= 4 is 17.4 Å². The van der Waals surface area contributed by atoms with Crippen molar-refractivity contribution in [1.82, 2.24) is 9.55 Å². The summed E-state index contributed by atoms with van der Waals surface area (Å²) in [4.78, 5) is 15.9. The lowest BCUT2D eigenvalue weighted by molar-refractivity contribution is 0.644. The van der Waals surface area contributed by atoms with Crippen molar-refractivity contribution in [3.8, 4) is 0 Å². The van der Waals surface area contributed by atoms with Crippen LogP contribution in [0.15, 0.2) is 17.2 Å². The van der Waals surface area contributed by atoms with Crippen molar-refractivity contribution in [1.29, 1.82) is 0 Å². The second kappa shape index (κ2) is 6.53. The summed E-state index contributed by atoms with van der Waals surface area (Å²) < 4.78 is 1.67. The highest BCUT2D eigenvalue weighted by molar-refractivity contribution is 6.18. The smallest absolute Gasteiger partial charge is 0.293 e. The van der Waals surface area contributed by atoms with Gasteiger partial charge in [0.15, 0.2) is 5.82 Å². The van der Waals surface area contributed by atoms with Crippen molar-refractivity contribution in [2.75, 3.05) is 17.7 Å². The summed E-state index contributed by atoms with van der Waals surface area (Å²) in [5, 5.41) is 3.03. The quantitative estimate of drug-likeness (QED) is 0.777. The second-order valence-corrected chi connectivity index (χ2v) is 4.22. The number of aryl methyl sites for hydroxylation is 1. The van der Waals surface area contributed by atoms with E-state index in [2.05, 4.69) is 10.3 Å². The molecule has 1 atom stereocenters. The van der Waals surface area contributed by atoms with Crippen LogP contribution in [0.4, 0.5) is 5.82 Å². The zero-order valence-electron chi connectivity index (χ0n) is 9.74. The monoisotopic (exact) mass is 243 g/mol. The number of alkyl halides is 1. The largest absolute Gasteiger partial charge is 0.365 e. The Morgan fingerprint density at radius 2 is 2.38 bits per heavy atom. The Balaban J connectivity index is 2.73. The average molecular weight is 244 g/mol. The number of anilines is 1. The maximum Gasteiger partial charge on any atom is 0.293 e. The van der Waals surface area contributed by atoms with Crippen LogP contribution < -0.4 is 10.9 Å². The number of rotatable bonds is 6. The molecule has 1 aromatic heterocycles. The standard InChI is InChI=1S/C11H18ClN3O/c1-3-5-15-6-4-13-10(11(15)16)14-8-9(2)7-12/h4,6,9H,3,5,7-8H2,1-2H3,(H,13,14). The summed E-state index contributed by atoms with van der Waals surface area (Å²) in [6, 6.07) is 0. The fourth-order valence-corrected chi connectivity index (χ4v) is 1.42. The first-order chi connectivity index (χ1) is 7.69. The molecule has 90 valence electrons. The zero-order chi connectivity index (χ0) is 12.0. The molecule has 0 fully saturated rings. The third-order valence-corrected chi connectivity index (χ3v) is 2.79. The SMILES string of the molecule is CCCn1ccnc(NCC(C)CCl)c1=O. The molecule has 5 heteroatoms. The Hall–Kier alpha value is -1.03. The number of aromatic nitrogens is 2. The van der Waals surface area contributed by atoms with Gasteiger partial charge in [-0.2, -0.15) is 0 Å². The molecule has 0 amide bonds. The van der Waals surface area contributed by atoms with Gasteiger partial charge in [-0.25, -0.2) is 4.98 Å². The first kappa shape index (κ1) is 13.0. The van der Waals surface area contributed by atoms with Gasteiger partial charge in [0.05, 0.1) is 0 Å². The normalized spacial score (nSPS) is 12.4. The first-order valence-electron chi connectivity index (χ1n) is 5.54. The van der Waals surface area contributed by atoms with Gasteiger partial charge in [-0.3, -0.25) is 4.79 Å². The van der Waals surface area contributed by atoms with E-state index < -0.39 is 0 Å². The number of nitrogens with one attached hydrogen (secondary N) is 1. The highest BCUT2D eigenvalue weighted by Gasteiger charge is 2.05. The van der Waals surface area contributed by atoms with Crippen LogP contribution in [0.25, 0.3) is 0 Å². The first-order valence-corrected chi connectivity index (χ1v) is 6.07. The number of nitrogens with zero attached hydrogens (tertiary/aromatic N) is 2. The molecule has 0 aromatic carbocycles. The Bertz CT molecular complexity index is 378. The summed E-state index contributed by atoms with van der Waals surface area (Å²) >= 11 is 5.70. The summed E-state index contributed by atoms with van der Waals surface area (Å²) in [7, 11) is 0. The minimum absolute atomic E-state index is 0.0638. The molecule has 0 saturated heterocycles. The van der Waals surface area contributed by atoms with Gasteiger partial charge in [-0.15, -0.1) is 11.6 Å². The predicted octanol–water partition coefficient (Wildman–Crippen LogP) is 1.94. The van der Waals surface area contributed by atoms with Gasteiger partial charge in [-0.05, 0) is 12.3 Å². The lowest BCUT2D eigenvalue weighted by Crippen LogP contribution is -2.26. The third-order valence-electron chi connectivity index (χ3n) is 2.26. The van der Waals surface area contributed by atoms with E-state index >= 15 is 0 Å². The Morgan fingerprint density at radius 1 is 1.62 bits per heavy atom. The Morgan fingerprint density at radius 3 is 3.00 bits per heavy atom. The van der Waals surface area contributed by atoms with Gasteiger partial charge in [0, 0.05) is 31.4 Å². The van der Waals surface area contributed by atoms with Crippen molar-refractivity contribution in [3.63, 3.8) is 0 Å². The third kappa shape index (κ3) is 3.52.